The number of carbonyl (C=O) groups is 2. The molecule has 1 aliphatic rings. The Kier molecular flexibility index (Phi) is 5.96. The Labute approximate surface area is 159 Å². The zero-order valence-corrected chi connectivity index (χ0v) is 15.7. The van der Waals surface area contributed by atoms with Crippen molar-refractivity contribution < 1.29 is 14.3 Å². The quantitative estimate of drug-likeness (QED) is 0.739. The molecule has 6 heteroatoms. The monoisotopic (exact) mass is 367 g/mol. The second-order valence-electron chi connectivity index (χ2n) is 6.66. The van der Waals surface area contributed by atoms with Gasteiger partial charge in [-0.15, -0.1) is 0 Å². The number of anilines is 1. The van der Waals surface area contributed by atoms with Crippen LogP contribution in [0.25, 0.3) is 0 Å². The van der Waals surface area contributed by atoms with E-state index < -0.39 is 0 Å². The van der Waals surface area contributed by atoms with Crippen molar-refractivity contribution in [1.29, 1.82) is 0 Å². The first-order valence-corrected chi connectivity index (χ1v) is 9.18. The summed E-state index contributed by atoms with van der Waals surface area (Å²) in [4.78, 5) is 25.8. The molecule has 0 aliphatic carbocycles. The van der Waals surface area contributed by atoms with Crippen LogP contribution in [0.3, 0.4) is 0 Å². The molecule has 0 aromatic heterocycles. The van der Waals surface area contributed by atoms with E-state index in [0.29, 0.717) is 31.8 Å². The van der Waals surface area contributed by atoms with Crippen LogP contribution in [0.1, 0.15) is 27.9 Å². The lowest BCUT2D eigenvalue weighted by Crippen LogP contribution is -2.29. The molecule has 3 rings (SSSR count). The van der Waals surface area contributed by atoms with E-state index in [0.717, 1.165) is 29.0 Å². The minimum absolute atomic E-state index is 0.0936. The van der Waals surface area contributed by atoms with Gasteiger partial charge in [0.05, 0.1) is 6.61 Å². The average molecular weight is 367 g/mol. The van der Waals surface area contributed by atoms with Crippen molar-refractivity contribution in [2.24, 2.45) is 0 Å². The number of ether oxygens (including phenoxy) is 1. The first-order chi connectivity index (χ1) is 13.0. The fourth-order valence-corrected chi connectivity index (χ4v) is 3.07. The summed E-state index contributed by atoms with van der Waals surface area (Å²) < 4.78 is 5.68. The normalized spacial score (nSPS) is 13.4. The molecule has 142 valence electrons. The number of nitrogens with zero attached hydrogens (tertiary/aromatic N) is 1. The molecule has 0 saturated carbocycles. The van der Waals surface area contributed by atoms with Gasteiger partial charge in [0.15, 0.2) is 0 Å². The molecule has 1 aliphatic heterocycles. The largest absolute Gasteiger partial charge is 0.494 e. The van der Waals surface area contributed by atoms with Gasteiger partial charge in [-0.05, 0) is 61.7 Å². The van der Waals surface area contributed by atoms with E-state index in [1.807, 2.05) is 50.2 Å². The van der Waals surface area contributed by atoms with Gasteiger partial charge in [-0.1, -0.05) is 12.1 Å². The lowest BCUT2D eigenvalue weighted by molar-refractivity contribution is 0.0951. The van der Waals surface area contributed by atoms with Gasteiger partial charge in [0.1, 0.15) is 5.75 Å². The molecule has 0 bridgehead atoms. The molecule has 0 unspecified atom stereocenters. The Bertz CT molecular complexity index is 835. The fourth-order valence-electron chi connectivity index (χ4n) is 3.07. The van der Waals surface area contributed by atoms with E-state index in [9.17, 15) is 9.59 Å². The van der Waals surface area contributed by atoms with Crippen molar-refractivity contribution in [3.8, 4) is 5.75 Å². The van der Waals surface area contributed by atoms with Crippen molar-refractivity contribution in [1.82, 2.24) is 10.6 Å². The van der Waals surface area contributed by atoms with E-state index in [-0.39, 0.29) is 11.9 Å². The summed E-state index contributed by atoms with van der Waals surface area (Å²) >= 11 is 0. The van der Waals surface area contributed by atoms with Gasteiger partial charge in [-0.25, -0.2) is 4.79 Å². The number of urea groups is 1. The summed E-state index contributed by atoms with van der Waals surface area (Å²) in [5.74, 6) is 0.726. The average Bonchev–Trinajstić information content (AvgIpc) is 3.07. The lowest BCUT2D eigenvalue weighted by Gasteiger charge is -2.17. The Morgan fingerprint density at radius 3 is 2.78 bits per heavy atom. The first-order valence-electron chi connectivity index (χ1n) is 9.18. The molecule has 3 amide bonds. The molecule has 27 heavy (non-hydrogen) atoms. The zero-order chi connectivity index (χ0) is 19.2. The van der Waals surface area contributed by atoms with Crippen LogP contribution in [0, 0.1) is 13.8 Å². The van der Waals surface area contributed by atoms with Crippen LogP contribution < -0.4 is 20.3 Å². The second-order valence-corrected chi connectivity index (χ2v) is 6.66. The smallest absolute Gasteiger partial charge is 0.322 e. The SMILES string of the molecule is Cc1cccc(OCCCNC(=O)c2ccc(N3CCNC3=O)c(C)c2)c1. The molecule has 1 saturated heterocycles. The summed E-state index contributed by atoms with van der Waals surface area (Å²) in [6.07, 6.45) is 0.727. The second kappa shape index (κ2) is 8.58. The highest BCUT2D eigenvalue weighted by Gasteiger charge is 2.22. The van der Waals surface area contributed by atoms with Crippen LogP contribution in [0.15, 0.2) is 42.5 Å². The summed E-state index contributed by atoms with van der Waals surface area (Å²) in [5, 5.41) is 5.69. The van der Waals surface area contributed by atoms with E-state index in [1.165, 1.54) is 0 Å². The first kappa shape index (κ1) is 18.8. The molecule has 2 aromatic carbocycles. The number of nitrogens with one attached hydrogen (secondary N) is 2. The Balaban J connectivity index is 1.46. The Morgan fingerprint density at radius 2 is 2.07 bits per heavy atom. The minimum Gasteiger partial charge on any atom is -0.494 e. The highest BCUT2D eigenvalue weighted by atomic mass is 16.5. The maximum absolute atomic E-state index is 12.3. The standard InChI is InChI=1S/C21H25N3O3/c1-15-5-3-6-18(13-15)27-12-4-9-22-20(25)17-7-8-19(16(2)14-17)24-11-10-23-21(24)26/h3,5-8,13-14H,4,9-12H2,1-2H3,(H,22,25)(H,23,26). The molecule has 1 heterocycles. The predicted molar refractivity (Wildman–Crippen MR) is 106 cm³/mol. The molecule has 2 N–H and O–H groups in total. The van der Waals surface area contributed by atoms with Gasteiger partial charge in [0, 0.05) is 30.9 Å². The van der Waals surface area contributed by atoms with Crippen molar-refractivity contribution in [3.05, 3.63) is 59.2 Å². The highest BCUT2D eigenvalue weighted by molar-refractivity contribution is 5.97. The van der Waals surface area contributed by atoms with E-state index in [2.05, 4.69) is 10.6 Å². The van der Waals surface area contributed by atoms with Gasteiger partial charge in [0.25, 0.3) is 5.91 Å². The zero-order valence-electron chi connectivity index (χ0n) is 15.7. The van der Waals surface area contributed by atoms with Crippen molar-refractivity contribution >= 4 is 17.6 Å². The molecular weight excluding hydrogens is 342 g/mol. The Hall–Kier alpha value is -3.02. The maximum atomic E-state index is 12.3. The van der Waals surface area contributed by atoms with Crippen LogP contribution in [-0.2, 0) is 0 Å². The van der Waals surface area contributed by atoms with Crippen LogP contribution in [0.4, 0.5) is 10.5 Å². The molecule has 2 aromatic rings. The third-order valence-corrected chi connectivity index (χ3v) is 4.47. The summed E-state index contributed by atoms with van der Waals surface area (Å²) in [6.45, 7) is 6.31. The topological polar surface area (TPSA) is 70.7 Å². The predicted octanol–water partition coefficient (Wildman–Crippen LogP) is 3.03. The van der Waals surface area contributed by atoms with Crippen LogP contribution in [0.2, 0.25) is 0 Å². The highest BCUT2D eigenvalue weighted by Crippen LogP contribution is 2.22. The van der Waals surface area contributed by atoms with E-state index in [4.69, 9.17) is 4.74 Å². The van der Waals surface area contributed by atoms with Gasteiger partial charge in [-0.2, -0.15) is 0 Å². The number of amides is 3. The maximum Gasteiger partial charge on any atom is 0.322 e. The number of benzene rings is 2. The number of hydrogen-bond acceptors (Lipinski definition) is 3. The third-order valence-electron chi connectivity index (χ3n) is 4.47. The summed E-state index contributed by atoms with van der Waals surface area (Å²) in [7, 11) is 0. The van der Waals surface area contributed by atoms with Crippen molar-refractivity contribution in [2.45, 2.75) is 20.3 Å². The third kappa shape index (κ3) is 4.78. The van der Waals surface area contributed by atoms with Crippen molar-refractivity contribution in [3.63, 3.8) is 0 Å². The number of carbonyl (C=O) groups excluding carboxylic acids is 2. The minimum atomic E-state index is -0.119. The Morgan fingerprint density at radius 1 is 1.22 bits per heavy atom. The van der Waals surface area contributed by atoms with E-state index >= 15 is 0 Å². The van der Waals surface area contributed by atoms with Crippen LogP contribution in [0.5, 0.6) is 5.75 Å². The van der Waals surface area contributed by atoms with Gasteiger partial charge < -0.3 is 15.4 Å². The molecule has 6 nitrogen and oxygen atoms in total. The molecule has 0 atom stereocenters. The van der Waals surface area contributed by atoms with Gasteiger partial charge >= 0.3 is 6.03 Å². The van der Waals surface area contributed by atoms with Gasteiger partial charge in [0.2, 0.25) is 0 Å². The number of rotatable bonds is 7. The van der Waals surface area contributed by atoms with Crippen LogP contribution >= 0.6 is 0 Å². The van der Waals surface area contributed by atoms with Crippen LogP contribution in [-0.4, -0.2) is 38.2 Å². The fraction of sp³-hybridized carbons (Fsp3) is 0.333. The van der Waals surface area contributed by atoms with E-state index in [1.54, 1.807) is 11.0 Å². The summed E-state index contributed by atoms with van der Waals surface area (Å²) in [6, 6.07) is 13.2. The molecular formula is C21H25N3O3. The number of aryl methyl sites for hydroxylation is 2. The molecule has 1 fully saturated rings. The van der Waals surface area contributed by atoms with Gasteiger partial charge in [-0.3, -0.25) is 9.69 Å². The van der Waals surface area contributed by atoms with Crippen molar-refractivity contribution in [2.75, 3.05) is 31.1 Å². The lowest BCUT2D eigenvalue weighted by atomic mass is 10.1. The molecule has 0 spiro atoms. The molecule has 0 radical (unpaired) electrons. The summed E-state index contributed by atoms with van der Waals surface area (Å²) in [5.41, 5.74) is 3.50. The number of hydrogen-bond donors (Lipinski definition) is 2.